The second kappa shape index (κ2) is 3.49. The van der Waals surface area contributed by atoms with Crippen molar-refractivity contribution in [3.05, 3.63) is 35.6 Å². The Bertz CT molecular complexity index is 233. The van der Waals surface area contributed by atoms with Crippen molar-refractivity contribution in [2.45, 2.75) is 6.54 Å². The lowest BCUT2D eigenvalue weighted by Crippen LogP contribution is -2.18. The highest BCUT2D eigenvalue weighted by atomic mass is 19.1. The van der Waals surface area contributed by atoms with Gasteiger partial charge < -0.3 is 0 Å². The minimum Gasteiger partial charge on any atom is -0.206 e. The lowest BCUT2D eigenvalue weighted by Gasteiger charge is -2.01. The largest absolute Gasteiger partial charge is 0.206 e. The molecule has 1 nitrogen and oxygen atoms in total. The van der Waals surface area contributed by atoms with Crippen molar-refractivity contribution in [1.29, 1.82) is 0 Å². The Hall–Kier alpha value is -0.890. The van der Waals surface area contributed by atoms with Gasteiger partial charge in [-0.1, -0.05) is 18.2 Å². The van der Waals surface area contributed by atoms with Crippen LogP contribution in [-0.2, 0) is 6.54 Å². The molecule has 0 unspecified atom stereocenters. The second-order valence-electron chi connectivity index (χ2n) is 2.83. The predicted octanol–water partition coefficient (Wildman–Crippen LogP) is 1.73. The fraction of sp³-hybridized carbons (Fsp3) is 0.333. The van der Waals surface area contributed by atoms with E-state index in [1.807, 2.05) is 25.1 Å². The molecule has 0 N–H and O–H groups in total. The molecule has 0 aliphatic heterocycles. The van der Waals surface area contributed by atoms with Gasteiger partial charge in [0.05, 0.1) is 0 Å². The molecular weight excluding hydrogens is 141 g/mol. The van der Waals surface area contributed by atoms with Crippen LogP contribution < -0.4 is 4.90 Å². The number of nitrogens with zero attached hydrogens (tertiary/aromatic N) is 1. The number of halogens is 1. The van der Waals surface area contributed by atoms with E-state index in [1.54, 1.807) is 12.1 Å². The van der Waals surface area contributed by atoms with E-state index in [9.17, 15) is 4.39 Å². The molecule has 1 rings (SSSR count). The van der Waals surface area contributed by atoms with Crippen molar-refractivity contribution in [3.8, 4) is 0 Å². The van der Waals surface area contributed by atoms with Crippen LogP contribution >= 0.6 is 0 Å². The summed E-state index contributed by atoms with van der Waals surface area (Å²) in [5, 5.41) is 0. The first-order valence-electron chi connectivity index (χ1n) is 3.58. The summed E-state index contributed by atoms with van der Waals surface area (Å²) in [5.74, 6) is -0.124. The summed E-state index contributed by atoms with van der Waals surface area (Å²) in [6, 6.07) is 6.84. The van der Waals surface area contributed by atoms with Gasteiger partial charge in [0.2, 0.25) is 0 Å². The summed E-state index contributed by atoms with van der Waals surface area (Å²) in [4.78, 5) is 1.94. The fourth-order valence-electron chi connectivity index (χ4n) is 0.967. The summed E-state index contributed by atoms with van der Waals surface area (Å²) in [7, 11) is 3.85. The van der Waals surface area contributed by atoms with Crippen LogP contribution in [0.15, 0.2) is 24.3 Å². The number of hydrogen-bond acceptors (Lipinski definition) is 1. The number of benzene rings is 1. The molecule has 1 aromatic carbocycles. The van der Waals surface area contributed by atoms with Crippen molar-refractivity contribution in [2.24, 2.45) is 0 Å². The topological polar surface area (TPSA) is 5.90 Å². The summed E-state index contributed by atoms with van der Waals surface area (Å²) in [6.07, 6.45) is 0. The van der Waals surface area contributed by atoms with Crippen LogP contribution in [0.25, 0.3) is 0 Å². The van der Waals surface area contributed by atoms with Gasteiger partial charge in [0.15, 0.2) is 6.54 Å². The molecule has 0 saturated carbocycles. The molecule has 0 bridgehead atoms. The molecule has 11 heavy (non-hydrogen) atoms. The maximum atomic E-state index is 12.9. The van der Waals surface area contributed by atoms with Gasteiger partial charge in [-0.2, -0.15) is 4.90 Å². The lowest BCUT2D eigenvalue weighted by atomic mass is 10.2. The Kier molecular flexibility index (Phi) is 2.60. The Morgan fingerprint density at radius 1 is 1.27 bits per heavy atom. The van der Waals surface area contributed by atoms with Crippen molar-refractivity contribution >= 4 is 0 Å². The van der Waals surface area contributed by atoms with E-state index in [-0.39, 0.29) is 5.82 Å². The third-order valence-electron chi connectivity index (χ3n) is 1.44. The number of hydrogen-bond donors (Lipinski definition) is 0. The minimum atomic E-state index is -0.124. The van der Waals surface area contributed by atoms with E-state index in [1.165, 1.54) is 6.07 Å². The van der Waals surface area contributed by atoms with Crippen LogP contribution in [-0.4, -0.2) is 14.1 Å². The van der Waals surface area contributed by atoms with E-state index in [2.05, 4.69) is 0 Å². The third kappa shape index (κ3) is 2.31. The summed E-state index contributed by atoms with van der Waals surface area (Å²) in [5.41, 5.74) is 0.748. The van der Waals surface area contributed by atoms with Gasteiger partial charge in [-0.25, -0.2) is 4.39 Å². The van der Waals surface area contributed by atoms with E-state index < -0.39 is 0 Å². The molecule has 0 amide bonds. The maximum absolute atomic E-state index is 12.9. The van der Waals surface area contributed by atoms with Crippen LogP contribution in [0.1, 0.15) is 5.56 Å². The van der Waals surface area contributed by atoms with Crippen molar-refractivity contribution in [3.63, 3.8) is 0 Å². The highest BCUT2D eigenvalue weighted by Gasteiger charge is 2.06. The van der Waals surface area contributed by atoms with Crippen molar-refractivity contribution in [2.75, 3.05) is 14.1 Å². The van der Waals surface area contributed by atoms with Gasteiger partial charge in [-0.3, -0.25) is 0 Å². The molecule has 0 aliphatic rings. The Labute approximate surface area is 66.5 Å². The van der Waals surface area contributed by atoms with Gasteiger partial charge >= 0.3 is 0 Å². The zero-order valence-corrected chi connectivity index (χ0v) is 6.84. The maximum Gasteiger partial charge on any atom is 0.150 e. The van der Waals surface area contributed by atoms with Crippen LogP contribution in [0.4, 0.5) is 4.39 Å². The lowest BCUT2D eigenvalue weighted by molar-refractivity contribution is 0.528. The Morgan fingerprint density at radius 2 is 1.91 bits per heavy atom. The molecule has 0 aromatic heterocycles. The van der Waals surface area contributed by atoms with Crippen LogP contribution in [0.2, 0.25) is 0 Å². The molecule has 1 radical (unpaired) electrons. The molecule has 0 saturated heterocycles. The van der Waals surface area contributed by atoms with Crippen LogP contribution in [0, 0.1) is 5.82 Å². The van der Waals surface area contributed by atoms with Crippen LogP contribution in [0.5, 0.6) is 0 Å². The minimum absolute atomic E-state index is 0.124. The van der Waals surface area contributed by atoms with E-state index >= 15 is 0 Å². The molecule has 0 heterocycles. The average molecular weight is 153 g/mol. The summed E-state index contributed by atoms with van der Waals surface area (Å²) in [6.45, 7) is 0.659. The second-order valence-corrected chi connectivity index (χ2v) is 2.83. The molecule has 2 heteroatoms. The first-order valence-corrected chi connectivity index (χ1v) is 3.58. The SMILES string of the molecule is C[N+](C)Cc1ccccc1F. The zero-order valence-electron chi connectivity index (χ0n) is 6.84. The standard InChI is InChI=1S/C9H12FN/c1-11(2)7-8-5-3-4-6-9(8)10/h3-6H,7H2,1-2H3/q+1. The number of rotatable bonds is 2. The monoisotopic (exact) mass is 153 g/mol. The van der Waals surface area contributed by atoms with E-state index in [0.717, 1.165) is 5.56 Å². The first kappa shape index (κ1) is 8.21. The average Bonchev–Trinajstić information content (AvgIpc) is 1.93. The predicted molar refractivity (Wildman–Crippen MR) is 44.1 cm³/mol. The van der Waals surface area contributed by atoms with E-state index in [4.69, 9.17) is 0 Å². The van der Waals surface area contributed by atoms with Gasteiger partial charge in [-0.05, 0) is 6.07 Å². The van der Waals surface area contributed by atoms with Gasteiger partial charge in [0, 0.05) is 5.56 Å². The van der Waals surface area contributed by atoms with Gasteiger partial charge in [0.1, 0.15) is 19.9 Å². The normalized spacial score (nSPS) is 10.5. The molecule has 59 valence electrons. The molecule has 0 atom stereocenters. The smallest absolute Gasteiger partial charge is 0.150 e. The molecule has 0 aliphatic carbocycles. The van der Waals surface area contributed by atoms with Crippen molar-refractivity contribution in [1.82, 2.24) is 4.90 Å². The van der Waals surface area contributed by atoms with Crippen LogP contribution in [0.3, 0.4) is 0 Å². The highest BCUT2D eigenvalue weighted by Crippen LogP contribution is 2.06. The molecule has 0 spiro atoms. The quantitative estimate of drug-likeness (QED) is 0.571. The molecule has 0 fully saturated rings. The van der Waals surface area contributed by atoms with E-state index in [0.29, 0.717) is 6.54 Å². The van der Waals surface area contributed by atoms with Gasteiger partial charge in [0.25, 0.3) is 0 Å². The zero-order chi connectivity index (χ0) is 8.27. The fourth-order valence-corrected chi connectivity index (χ4v) is 0.967. The first-order chi connectivity index (χ1) is 5.20. The van der Waals surface area contributed by atoms with Crippen molar-refractivity contribution < 1.29 is 4.39 Å². The Balaban J connectivity index is 2.78. The summed E-state index contributed by atoms with van der Waals surface area (Å²) < 4.78 is 12.9. The Morgan fingerprint density at radius 3 is 2.45 bits per heavy atom. The van der Waals surface area contributed by atoms with Gasteiger partial charge in [-0.15, -0.1) is 0 Å². The molecule has 1 aromatic rings. The molecular formula is C9H12FN+. The summed E-state index contributed by atoms with van der Waals surface area (Å²) >= 11 is 0. The third-order valence-corrected chi connectivity index (χ3v) is 1.44. The highest BCUT2D eigenvalue weighted by molar-refractivity contribution is 5.17.